The Hall–Kier alpha value is -0.150. The summed E-state index contributed by atoms with van der Waals surface area (Å²) in [6.45, 7) is 1.90. The summed E-state index contributed by atoms with van der Waals surface area (Å²) < 4.78 is -0.105. The van der Waals surface area contributed by atoms with Crippen LogP contribution in [0.15, 0.2) is 11.0 Å². The van der Waals surface area contributed by atoms with Crippen LogP contribution in [0.3, 0.4) is 0 Å². The minimum Gasteiger partial charge on any atom is -0.477 e. The zero-order valence-electron chi connectivity index (χ0n) is 5.37. The molecule has 1 heterocycles. The van der Waals surface area contributed by atoms with Crippen molar-refractivity contribution >= 4 is 29.3 Å². The molecule has 0 aromatic rings. The zero-order valence-corrected chi connectivity index (χ0v) is 6.95. The van der Waals surface area contributed by atoms with Gasteiger partial charge in [-0.1, -0.05) is 24.8 Å². The van der Waals surface area contributed by atoms with E-state index in [2.05, 4.69) is 0 Å². The first-order valence-electron chi connectivity index (χ1n) is 2.87. The largest absolute Gasteiger partial charge is 0.477 e. The Balaban J connectivity index is 2.67. The van der Waals surface area contributed by atoms with Crippen LogP contribution in [0.5, 0.6) is 0 Å². The molecule has 0 aromatic heterocycles. The van der Waals surface area contributed by atoms with Gasteiger partial charge in [0, 0.05) is 5.92 Å². The molecule has 0 fully saturated rings. The normalized spacial score (nSPS) is 32.0. The molecule has 0 radical (unpaired) electrons. The molecular formula is C6H7ClO2S. The third kappa shape index (κ3) is 1.47. The van der Waals surface area contributed by atoms with E-state index in [1.165, 1.54) is 11.8 Å². The number of halogens is 1. The fourth-order valence-electron chi connectivity index (χ4n) is 0.704. The van der Waals surface area contributed by atoms with Gasteiger partial charge in [-0.2, -0.15) is 0 Å². The lowest BCUT2D eigenvalue weighted by Crippen LogP contribution is -1.96. The van der Waals surface area contributed by atoms with Crippen molar-refractivity contribution in [1.82, 2.24) is 0 Å². The summed E-state index contributed by atoms with van der Waals surface area (Å²) in [5.41, 5.74) is 0. The summed E-state index contributed by atoms with van der Waals surface area (Å²) in [5, 5.41) is 8.50. The highest BCUT2D eigenvalue weighted by Gasteiger charge is 2.26. The number of aliphatic carboxylic acids is 1. The van der Waals surface area contributed by atoms with Crippen LogP contribution in [0.1, 0.15) is 6.92 Å². The van der Waals surface area contributed by atoms with E-state index in [4.69, 9.17) is 16.7 Å². The molecule has 1 unspecified atom stereocenters. The highest BCUT2D eigenvalue weighted by Crippen LogP contribution is 2.38. The van der Waals surface area contributed by atoms with Crippen molar-refractivity contribution in [1.29, 1.82) is 0 Å². The van der Waals surface area contributed by atoms with Crippen LogP contribution in [0.2, 0.25) is 0 Å². The van der Waals surface area contributed by atoms with Gasteiger partial charge in [-0.3, -0.25) is 0 Å². The molecule has 1 aliphatic heterocycles. The second-order valence-corrected chi connectivity index (χ2v) is 4.08. The maximum absolute atomic E-state index is 10.3. The maximum Gasteiger partial charge on any atom is 0.341 e. The molecular weight excluding hydrogens is 172 g/mol. The Bertz CT molecular complexity index is 190. The topological polar surface area (TPSA) is 37.3 Å². The summed E-state index contributed by atoms with van der Waals surface area (Å²) in [7, 11) is 0. The molecule has 0 spiro atoms. The summed E-state index contributed by atoms with van der Waals surface area (Å²) >= 11 is 6.96. The predicted molar refractivity (Wildman–Crippen MR) is 42.1 cm³/mol. The highest BCUT2D eigenvalue weighted by atomic mass is 35.5. The Kier molecular flexibility index (Phi) is 2.26. The molecule has 0 amide bonds. The smallest absolute Gasteiger partial charge is 0.341 e. The van der Waals surface area contributed by atoms with E-state index in [9.17, 15) is 4.79 Å². The van der Waals surface area contributed by atoms with Gasteiger partial charge in [0.25, 0.3) is 0 Å². The summed E-state index contributed by atoms with van der Waals surface area (Å²) in [5.74, 6) is -0.710. The predicted octanol–water partition coefficient (Wildman–Crippen LogP) is 1.90. The molecule has 1 N–H and O–H groups in total. The highest BCUT2D eigenvalue weighted by molar-refractivity contribution is 8.05. The van der Waals surface area contributed by atoms with E-state index in [1.54, 1.807) is 6.08 Å². The SMILES string of the molecule is C[C@H]1C=C(C(=O)O)SC1Cl. The fraction of sp³-hybridized carbons (Fsp3) is 0.500. The van der Waals surface area contributed by atoms with Crippen molar-refractivity contribution in [3.63, 3.8) is 0 Å². The van der Waals surface area contributed by atoms with Crippen LogP contribution in [0.4, 0.5) is 0 Å². The standard InChI is InChI=1S/C6H7ClO2S/c1-3-2-4(6(8)9)10-5(3)7/h2-3,5H,1H3,(H,8,9)/t3-,5?/m0/s1. The van der Waals surface area contributed by atoms with Crippen molar-refractivity contribution in [3.05, 3.63) is 11.0 Å². The summed E-state index contributed by atoms with van der Waals surface area (Å²) in [6.07, 6.45) is 1.69. The van der Waals surface area contributed by atoms with Gasteiger partial charge < -0.3 is 5.11 Å². The fourth-order valence-corrected chi connectivity index (χ4v) is 1.99. The number of alkyl halides is 1. The lowest BCUT2D eigenvalue weighted by molar-refractivity contribution is -0.131. The zero-order chi connectivity index (χ0) is 7.72. The van der Waals surface area contributed by atoms with Crippen molar-refractivity contribution in [3.8, 4) is 0 Å². The van der Waals surface area contributed by atoms with Crippen LogP contribution >= 0.6 is 23.4 Å². The van der Waals surface area contributed by atoms with Crippen molar-refractivity contribution in [2.45, 2.75) is 11.6 Å². The van der Waals surface area contributed by atoms with Crippen LogP contribution in [-0.4, -0.2) is 15.8 Å². The molecule has 0 saturated heterocycles. The van der Waals surface area contributed by atoms with Gasteiger partial charge in [0.15, 0.2) is 0 Å². The molecule has 2 atom stereocenters. The number of carbonyl (C=O) groups is 1. The first kappa shape index (κ1) is 7.95. The molecule has 2 nitrogen and oxygen atoms in total. The van der Waals surface area contributed by atoms with Crippen LogP contribution in [0, 0.1) is 5.92 Å². The lowest BCUT2D eigenvalue weighted by atomic mass is 10.2. The second-order valence-electron chi connectivity index (χ2n) is 2.16. The molecule has 0 bridgehead atoms. The summed E-state index contributed by atoms with van der Waals surface area (Å²) in [4.78, 5) is 10.7. The average molecular weight is 179 g/mol. The molecule has 0 saturated carbocycles. The van der Waals surface area contributed by atoms with Crippen molar-refractivity contribution < 1.29 is 9.90 Å². The Morgan fingerprint density at radius 3 is 2.70 bits per heavy atom. The van der Waals surface area contributed by atoms with Gasteiger partial charge in [-0.05, 0) is 0 Å². The first-order chi connectivity index (χ1) is 4.61. The van der Waals surface area contributed by atoms with E-state index >= 15 is 0 Å². The molecule has 1 aliphatic rings. The van der Waals surface area contributed by atoms with E-state index in [-0.39, 0.29) is 10.6 Å². The Labute approximate surface area is 68.3 Å². The number of rotatable bonds is 1. The number of hydrogen-bond donors (Lipinski definition) is 1. The Morgan fingerprint density at radius 1 is 1.90 bits per heavy atom. The summed E-state index contributed by atoms with van der Waals surface area (Å²) in [6, 6.07) is 0. The van der Waals surface area contributed by atoms with E-state index < -0.39 is 5.97 Å². The molecule has 0 aromatic carbocycles. The van der Waals surface area contributed by atoms with Crippen LogP contribution in [-0.2, 0) is 4.79 Å². The van der Waals surface area contributed by atoms with Gasteiger partial charge >= 0.3 is 5.97 Å². The lowest BCUT2D eigenvalue weighted by Gasteiger charge is -2.01. The number of carboxylic acid groups (broad SMARTS) is 1. The van der Waals surface area contributed by atoms with E-state index in [0.29, 0.717) is 4.91 Å². The number of allylic oxidation sites excluding steroid dienone is 1. The molecule has 0 aliphatic carbocycles. The minimum atomic E-state index is -0.875. The third-order valence-electron chi connectivity index (χ3n) is 1.28. The quantitative estimate of drug-likeness (QED) is 0.624. The van der Waals surface area contributed by atoms with Crippen LogP contribution < -0.4 is 0 Å². The number of hydrogen-bond acceptors (Lipinski definition) is 2. The number of carboxylic acids is 1. The minimum absolute atomic E-state index is 0.105. The maximum atomic E-state index is 10.3. The molecule has 4 heteroatoms. The average Bonchev–Trinajstić information content (AvgIpc) is 2.13. The van der Waals surface area contributed by atoms with Gasteiger partial charge in [0.05, 0.1) is 9.61 Å². The van der Waals surface area contributed by atoms with Gasteiger partial charge in [-0.25, -0.2) is 4.79 Å². The van der Waals surface area contributed by atoms with E-state index in [1.807, 2.05) is 6.92 Å². The van der Waals surface area contributed by atoms with Gasteiger partial charge in [-0.15, -0.1) is 11.6 Å². The second kappa shape index (κ2) is 2.84. The molecule has 56 valence electrons. The van der Waals surface area contributed by atoms with E-state index in [0.717, 1.165) is 0 Å². The number of thioether (sulfide) groups is 1. The van der Waals surface area contributed by atoms with Gasteiger partial charge in [0.2, 0.25) is 0 Å². The van der Waals surface area contributed by atoms with Crippen molar-refractivity contribution in [2.75, 3.05) is 0 Å². The van der Waals surface area contributed by atoms with Crippen LogP contribution in [0.25, 0.3) is 0 Å². The Morgan fingerprint density at radius 2 is 2.50 bits per heavy atom. The molecule has 1 rings (SSSR count). The van der Waals surface area contributed by atoms with Crippen molar-refractivity contribution in [2.24, 2.45) is 5.92 Å². The monoisotopic (exact) mass is 178 g/mol. The first-order valence-corrected chi connectivity index (χ1v) is 4.18. The third-order valence-corrected chi connectivity index (χ3v) is 3.16. The van der Waals surface area contributed by atoms with Gasteiger partial charge in [0.1, 0.15) is 0 Å². The molecule has 10 heavy (non-hydrogen) atoms.